The zero-order valence-corrected chi connectivity index (χ0v) is 18.4. The largest absolute Gasteiger partial charge is 0.455 e. The van der Waals surface area contributed by atoms with Crippen molar-refractivity contribution in [3.8, 4) is 22.3 Å². The predicted octanol–water partition coefficient (Wildman–Crippen LogP) is 10.4. The minimum atomic E-state index is -0.919. The van der Waals surface area contributed by atoms with Crippen LogP contribution in [0, 0.1) is 0 Å². The van der Waals surface area contributed by atoms with Gasteiger partial charge in [-0.25, -0.2) is 0 Å². The molecule has 0 aliphatic rings. The Balaban J connectivity index is 1.85. The summed E-state index contributed by atoms with van der Waals surface area (Å²) in [7, 11) is 0. The third-order valence-electron chi connectivity index (χ3n) is 6.12. The fourth-order valence-corrected chi connectivity index (χ4v) is 4.66. The molecule has 0 amide bonds. The molecule has 0 saturated carbocycles. The van der Waals surface area contributed by atoms with Gasteiger partial charge in [0.05, 0.1) is 30.2 Å². The van der Waals surface area contributed by atoms with Gasteiger partial charge in [-0.1, -0.05) is 121 Å². The molecule has 8 rings (SSSR count). The zero-order valence-electron chi connectivity index (χ0n) is 40.4. The molecule has 0 bridgehead atoms. The normalized spacial score (nSPS) is 20.1. The molecule has 0 saturated heterocycles. The summed E-state index contributed by atoms with van der Waals surface area (Å²) in [5.74, 6) is 0. The van der Waals surface area contributed by atoms with E-state index in [4.69, 9.17) is 26.3 Å². The topological polar surface area (TPSA) is 13.1 Å². The molecule has 0 fully saturated rings. The third-order valence-corrected chi connectivity index (χ3v) is 6.12. The van der Waals surface area contributed by atoms with Crippen molar-refractivity contribution in [3.05, 3.63) is 133 Å². The summed E-state index contributed by atoms with van der Waals surface area (Å²) in [5, 5.41) is -4.40. The minimum absolute atomic E-state index is 0.403. The molecule has 8 aromatic rings. The van der Waals surface area contributed by atoms with Gasteiger partial charge in [-0.2, -0.15) is 0 Å². The van der Waals surface area contributed by atoms with E-state index in [1.807, 2.05) is 0 Å². The Morgan fingerprint density at radius 1 is 0.405 bits per heavy atom. The van der Waals surface area contributed by atoms with Gasteiger partial charge in [0.1, 0.15) is 11.2 Å². The van der Waals surface area contributed by atoms with E-state index in [2.05, 4.69) is 0 Å². The van der Waals surface area contributed by atoms with E-state index in [-0.39, 0.29) is 0 Å². The molecule has 0 N–H and O–H groups in total. The summed E-state index contributed by atoms with van der Waals surface area (Å²) < 4.78 is 200. The van der Waals surface area contributed by atoms with Gasteiger partial charge in [0.2, 0.25) is 0 Å². The molecule has 7 aromatic carbocycles. The molecule has 37 heavy (non-hydrogen) atoms. The lowest BCUT2D eigenvalue weighted by Gasteiger charge is -2.19. The number of benzene rings is 7. The quantitative estimate of drug-likeness (QED) is 0.219. The smallest absolute Gasteiger partial charge is 0.143 e. The van der Waals surface area contributed by atoms with Gasteiger partial charge in [-0.05, 0) is 61.3 Å². The molecule has 0 radical (unpaired) electrons. The van der Waals surface area contributed by atoms with Crippen molar-refractivity contribution in [2.75, 3.05) is 0 Å². The van der Waals surface area contributed by atoms with Crippen molar-refractivity contribution in [2.24, 2.45) is 0 Å². The summed E-state index contributed by atoms with van der Waals surface area (Å²) in [6, 6.07) is -18.7. The van der Waals surface area contributed by atoms with Gasteiger partial charge in [0.25, 0.3) is 0 Å². The first-order valence-corrected chi connectivity index (χ1v) is 10.9. The fraction of sp³-hybridized carbons (Fsp3) is 0. The second-order valence-corrected chi connectivity index (χ2v) is 8.01. The summed E-state index contributed by atoms with van der Waals surface area (Å²) >= 11 is 0. The van der Waals surface area contributed by atoms with Crippen molar-refractivity contribution in [2.45, 2.75) is 0 Å². The molecule has 1 nitrogen and oxygen atoms in total. The second-order valence-electron chi connectivity index (χ2n) is 8.01. The Kier molecular flexibility index (Phi) is 1.76. The van der Waals surface area contributed by atoms with Crippen LogP contribution in [0.1, 0.15) is 30.2 Å². The van der Waals surface area contributed by atoms with Crippen LogP contribution < -0.4 is 0 Å². The summed E-state index contributed by atoms with van der Waals surface area (Å²) in [4.78, 5) is 0. The maximum absolute atomic E-state index is 9.82. The molecule has 0 unspecified atom stereocenters. The lowest BCUT2D eigenvalue weighted by Crippen LogP contribution is -1.91. The van der Waals surface area contributed by atoms with E-state index in [0.717, 1.165) is 0 Å². The molecule has 0 aliphatic heterocycles. The van der Waals surface area contributed by atoms with E-state index in [9.17, 15) is 8.22 Å². The van der Waals surface area contributed by atoms with Crippen LogP contribution in [-0.2, 0) is 0 Å². The molecule has 1 heterocycles. The summed E-state index contributed by atoms with van der Waals surface area (Å²) in [6.45, 7) is 0. The Morgan fingerprint density at radius 2 is 0.892 bits per heavy atom. The van der Waals surface area contributed by atoms with Crippen LogP contribution in [0.4, 0.5) is 0 Å². The molecule has 1 aromatic heterocycles. The van der Waals surface area contributed by atoms with Crippen LogP contribution in [0.2, 0.25) is 0 Å². The number of hydrogen-bond acceptors (Lipinski definition) is 1. The number of para-hydroxylation sites is 1. The maximum atomic E-state index is 9.82. The Hall–Kier alpha value is -4.88. The highest BCUT2D eigenvalue weighted by atomic mass is 16.3. The van der Waals surface area contributed by atoms with Gasteiger partial charge >= 0.3 is 0 Å². The second kappa shape index (κ2) is 7.81. The molecule has 0 aliphatic carbocycles. The van der Waals surface area contributed by atoms with Crippen LogP contribution in [-0.4, -0.2) is 0 Å². The van der Waals surface area contributed by atoms with E-state index in [1.165, 1.54) is 0 Å². The van der Waals surface area contributed by atoms with Gasteiger partial charge in [0.15, 0.2) is 0 Å². The highest BCUT2D eigenvalue weighted by Gasteiger charge is 2.20. The minimum Gasteiger partial charge on any atom is -0.455 e. The highest BCUT2D eigenvalue weighted by Crippen LogP contribution is 2.47. The Labute approximate surface area is 245 Å². The van der Waals surface area contributed by atoms with Crippen molar-refractivity contribution in [1.29, 1.82) is 0 Å². The Morgan fingerprint density at radius 3 is 1.54 bits per heavy atom. The maximum Gasteiger partial charge on any atom is 0.143 e. The zero-order chi connectivity index (χ0) is 43.5. The lowest BCUT2D eigenvalue weighted by atomic mass is 9.84. The number of hydrogen-bond donors (Lipinski definition) is 0. The predicted molar refractivity (Wildman–Crippen MR) is 157 cm³/mol. The van der Waals surface area contributed by atoms with Crippen molar-refractivity contribution >= 4 is 54.3 Å². The fourth-order valence-electron chi connectivity index (χ4n) is 4.66. The van der Waals surface area contributed by atoms with Crippen LogP contribution >= 0.6 is 0 Å². The number of rotatable bonds is 2. The van der Waals surface area contributed by atoms with Gasteiger partial charge in [-0.3, -0.25) is 0 Å². The average molecular weight is 493 g/mol. The van der Waals surface area contributed by atoms with E-state index in [1.54, 1.807) is 0 Å². The van der Waals surface area contributed by atoms with Crippen LogP contribution in [0.25, 0.3) is 76.5 Å². The number of fused-ring (bicyclic) bond motifs is 7. The van der Waals surface area contributed by atoms with Gasteiger partial charge in [0, 0.05) is 16.2 Å². The van der Waals surface area contributed by atoms with E-state index >= 15 is 0 Å². The monoisotopic (exact) mass is 492 g/mol. The molecular formula is C36H22O. The molecule has 0 spiro atoms. The summed E-state index contributed by atoms with van der Waals surface area (Å²) in [6.07, 6.45) is 0. The lowest BCUT2D eigenvalue weighted by molar-refractivity contribution is 0.672. The standard InChI is InChI=1S/C36H22O/c1-2-12-23(13-3-1)34-26-16-5-7-18-28(26)35(29-19-8-6-17-27(29)34)31-22-32-25-15-10-11-21-33(25)37-36(32)30-20-9-4-14-24(30)31/h1-22H/i1D,2D,3D,4D,5D,6D,7D,8D,9D,10D,11D,12D,13D,14D,15D,16D,17D,18D,19D,20D,21D,22D. The van der Waals surface area contributed by atoms with E-state index in [0.29, 0.717) is 0 Å². The first kappa shape index (κ1) is 8.33. The van der Waals surface area contributed by atoms with Gasteiger partial charge in [-0.15, -0.1) is 0 Å². The first-order valence-electron chi connectivity index (χ1n) is 21.9. The van der Waals surface area contributed by atoms with Crippen LogP contribution in [0.5, 0.6) is 0 Å². The van der Waals surface area contributed by atoms with Crippen molar-refractivity contribution in [1.82, 2.24) is 0 Å². The highest BCUT2D eigenvalue weighted by molar-refractivity contribution is 6.26. The first-order chi connectivity index (χ1) is 27.5. The molecule has 172 valence electrons. The summed E-state index contributed by atoms with van der Waals surface area (Å²) in [5.41, 5.74) is -3.51. The van der Waals surface area contributed by atoms with Crippen LogP contribution in [0.15, 0.2) is 137 Å². The van der Waals surface area contributed by atoms with Crippen LogP contribution in [0.3, 0.4) is 0 Å². The van der Waals surface area contributed by atoms with Gasteiger partial charge < -0.3 is 4.42 Å². The Bertz CT molecular complexity index is 3240. The molecule has 0 atom stereocenters. The molecular weight excluding hydrogens is 448 g/mol. The number of furan rings is 1. The SMILES string of the molecule is [2H]c1c([2H])c([2H])c(-c2c3c([2H])c([2H])c([2H])c([2H])c3c(-c3c([2H])c4c(oc5c([2H])c([2H])c([2H])c([2H])c54)c4c([2H])c([2H])c([2H])c([2H])c34)c3c([2H])c([2H])c([2H])c([2H])c23)c([2H])c1[2H]. The molecule has 1 heteroatoms. The average Bonchev–Trinajstić information content (AvgIpc) is 3.62. The van der Waals surface area contributed by atoms with Crippen molar-refractivity contribution < 1.29 is 34.6 Å². The van der Waals surface area contributed by atoms with E-state index < -0.39 is 209 Å². The third kappa shape index (κ3) is 2.92. The van der Waals surface area contributed by atoms with Crippen molar-refractivity contribution in [3.63, 3.8) is 0 Å².